The Kier molecular flexibility index (Phi) is 6.37. The highest BCUT2D eigenvalue weighted by Crippen LogP contribution is 2.23. The standard InChI is InChI=1S/C19H20N4O3S2/c1-2-3-7-14-10-12-16(13-11-14)23-28(25,26)19-22-21-18(27-19)20-17(24)15-8-5-4-6-9-15/h4-6,8-13,23H,2-3,7H2,1H3,(H,20,21,24). The zero-order valence-corrected chi connectivity index (χ0v) is 16.9. The van der Waals surface area contributed by atoms with Gasteiger partial charge < -0.3 is 0 Å². The van der Waals surface area contributed by atoms with Crippen LogP contribution in [0, 0.1) is 0 Å². The molecule has 3 aromatic rings. The summed E-state index contributed by atoms with van der Waals surface area (Å²) in [6.45, 7) is 2.13. The molecule has 0 aliphatic heterocycles. The lowest BCUT2D eigenvalue weighted by Crippen LogP contribution is -2.12. The third kappa shape index (κ3) is 5.14. The maximum atomic E-state index is 12.5. The summed E-state index contributed by atoms with van der Waals surface area (Å²) in [6.07, 6.45) is 3.16. The van der Waals surface area contributed by atoms with Crippen LogP contribution in [0.4, 0.5) is 10.8 Å². The fourth-order valence-corrected chi connectivity index (χ4v) is 4.40. The topological polar surface area (TPSA) is 101 Å². The van der Waals surface area contributed by atoms with Crippen LogP contribution >= 0.6 is 11.3 Å². The molecule has 0 spiro atoms. The van der Waals surface area contributed by atoms with Crippen LogP contribution in [0.3, 0.4) is 0 Å². The van der Waals surface area contributed by atoms with Gasteiger partial charge in [-0.1, -0.05) is 55.0 Å². The lowest BCUT2D eigenvalue weighted by molar-refractivity contribution is 0.102. The first-order valence-electron chi connectivity index (χ1n) is 8.79. The lowest BCUT2D eigenvalue weighted by atomic mass is 10.1. The molecule has 28 heavy (non-hydrogen) atoms. The predicted octanol–water partition coefficient (Wildman–Crippen LogP) is 3.93. The lowest BCUT2D eigenvalue weighted by Gasteiger charge is -2.06. The number of nitrogens with zero attached hydrogens (tertiary/aromatic N) is 2. The van der Waals surface area contributed by atoms with Crippen molar-refractivity contribution in [3.05, 3.63) is 65.7 Å². The molecule has 0 fully saturated rings. The molecule has 3 rings (SSSR count). The second kappa shape index (κ2) is 8.94. The highest BCUT2D eigenvalue weighted by Gasteiger charge is 2.21. The highest BCUT2D eigenvalue weighted by molar-refractivity contribution is 7.94. The number of carbonyl (C=O) groups excluding carboxylic acids is 1. The van der Waals surface area contributed by atoms with Crippen LogP contribution in [0.5, 0.6) is 0 Å². The van der Waals surface area contributed by atoms with Gasteiger partial charge in [-0.2, -0.15) is 8.42 Å². The van der Waals surface area contributed by atoms with Gasteiger partial charge in [-0.05, 0) is 42.7 Å². The van der Waals surface area contributed by atoms with E-state index in [0.717, 1.165) is 36.2 Å². The van der Waals surface area contributed by atoms with Gasteiger partial charge in [-0.15, -0.1) is 10.2 Å². The maximum absolute atomic E-state index is 12.5. The number of unbranched alkanes of at least 4 members (excludes halogenated alkanes) is 1. The van der Waals surface area contributed by atoms with E-state index in [9.17, 15) is 13.2 Å². The molecule has 1 aromatic heterocycles. The Labute approximate surface area is 167 Å². The third-order valence-electron chi connectivity index (χ3n) is 3.92. The van der Waals surface area contributed by atoms with Crippen LogP contribution in [-0.2, 0) is 16.4 Å². The van der Waals surface area contributed by atoms with Gasteiger partial charge in [0.25, 0.3) is 20.3 Å². The molecule has 146 valence electrons. The summed E-state index contributed by atoms with van der Waals surface area (Å²) in [5, 5.41) is 10.1. The van der Waals surface area contributed by atoms with Crippen molar-refractivity contribution in [2.75, 3.05) is 10.0 Å². The SMILES string of the molecule is CCCCc1ccc(NS(=O)(=O)c2nnc(NC(=O)c3ccccc3)s2)cc1. The quantitative estimate of drug-likeness (QED) is 0.542. The average molecular weight is 417 g/mol. The van der Waals surface area contributed by atoms with Crippen LogP contribution < -0.4 is 10.0 Å². The number of aromatic nitrogens is 2. The molecule has 0 aliphatic rings. The fraction of sp³-hybridized carbons (Fsp3) is 0.211. The summed E-state index contributed by atoms with van der Waals surface area (Å²) in [5.41, 5.74) is 2.06. The molecule has 0 radical (unpaired) electrons. The summed E-state index contributed by atoms with van der Waals surface area (Å²) in [7, 11) is -3.88. The number of hydrogen-bond acceptors (Lipinski definition) is 6. The summed E-state index contributed by atoms with van der Waals surface area (Å²) in [6, 6.07) is 15.8. The van der Waals surface area contributed by atoms with Crippen molar-refractivity contribution in [2.45, 2.75) is 30.5 Å². The zero-order chi connectivity index (χ0) is 20.0. The second-order valence-electron chi connectivity index (χ2n) is 6.10. The molecule has 0 saturated carbocycles. The first-order valence-corrected chi connectivity index (χ1v) is 11.1. The number of nitrogens with one attached hydrogen (secondary N) is 2. The van der Waals surface area contributed by atoms with E-state index in [-0.39, 0.29) is 15.4 Å². The molecular weight excluding hydrogens is 396 g/mol. The first-order chi connectivity index (χ1) is 13.5. The van der Waals surface area contributed by atoms with Crippen LogP contribution in [-0.4, -0.2) is 24.5 Å². The number of sulfonamides is 1. The van der Waals surface area contributed by atoms with Gasteiger partial charge >= 0.3 is 0 Å². The van der Waals surface area contributed by atoms with Crippen molar-refractivity contribution in [2.24, 2.45) is 0 Å². The van der Waals surface area contributed by atoms with Gasteiger partial charge in [-0.25, -0.2) is 0 Å². The van der Waals surface area contributed by atoms with Crippen molar-refractivity contribution < 1.29 is 13.2 Å². The monoisotopic (exact) mass is 416 g/mol. The van der Waals surface area contributed by atoms with Gasteiger partial charge in [0, 0.05) is 11.3 Å². The molecule has 0 bridgehead atoms. The minimum atomic E-state index is -3.88. The predicted molar refractivity (Wildman–Crippen MR) is 110 cm³/mol. The van der Waals surface area contributed by atoms with Gasteiger partial charge in [-0.3, -0.25) is 14.8 Å². The normalized spacial score (nSPS) is 11.2. The minimum absolute atomic E-state index is 0.115. The number of benzene rings is 2. The van der Waals surface area contributed by atoms with E-state index in [0.29, 0.717) is 11.3 Å². The van der Waals surface area contributed by atoms with E-state index in [4.69, 9.17) is 0 Å². The van der Waals surface area contributed by atoms with Crippen LogP contribution in [0.2, 0.25) is 0 Å². The molecule has 9 heteroatoms. The van der Waals surface area contributed by atoms with Crippen molar-refractivity contribution in [3.8, 4) is 0 Å². The summed E-state index contributed by atoms with van der Waals surface area (Å²) in [5.74, 6) is -0.378. The van der Waals surface area contributed by atoms with E-state index in [1.165, 1.54) is 0 Å². The number of hydrogen-bond donors (Lipinski definition) is 2. The Bertz CT molecular complexity index is 1030. The fourth-order valence-electron chi connectivity index (χ4n) is 2.45. The molecule has 2 N–H and O–H groups in total. The number of amides is 1. The Morgan fingerprint density at radius 3 is 2.43 bits per heavy atom. The first kappa shape index (κ1) is 20.0. The summed E-state index contributed by atoms with van der Waals surface area (Å²) < 4.78 is 27.3. The van der Waals surface area contributed by atoms with Crippen molar-refractivity contribution >= 4 is 38.1 Å². The highest BCUT2D eigenvalue weighted by atomic mass is 32.2. The molecule has 0 aliphatic carbocycles. The van der Waals surface area contributed by atoms with Crippen LogP contribution in [0.25, 0.3) is 0 Å². The van der Waals surface area contributed by atoms with E-state index >= 15 is 0 Å². The Balaban J connectivity index is 1.67. The van der Waals surface area contributed by atoms with Gasteiger partial charge in [0.2, 0.25) is 5.13 Å². The number of anilines is 2. The average Bonchev–Trinajstić information content (AvgIpc) is 3.17. The molecule has 1 heterocycles. The summed E-state index contributed by atoms with van der Waals surface area (Å²) >= 11 is 0.792. The van der Waals surface area contributed by atoms with Gasteiger partial charge in [0.1, 0.15) is 0 Å². The van der Waals surface area contributed by atoms with Crippen molar-refractivity contribution in [3.63, 3.8) is 0 Å². The molecule has 1 amide bonds. The molecule has 0 unspecified atom stereocenters. The largest absolute Gasteiger partial charge is 0.296 e. The smallest absolute Gasteiger partial charge is 0.291 e. The molecule has 0 atom stereocenters. The Morgan fingerprint density at radius 2 is 1.75 bits per heavy atom. The molecule has 2 aromatic carbocycles. The summed E-state index contributed by atoms with van der Waals surface area (Å²) in [4.78, 5) is 12.1. The van der Waals surface area contributed by atoms with Crippen LogP contribution in [0.1, 0.15) is 35.7 Å². The minimum Gasteiger partial charge on any atom is -0.296 e. The van der Waals surface area contributed by atoms with E-state index < -0.39 is 10.0 Å². The van der Waals surface area contributed by atoms with Gasteiger partial charge in [0.15, 0.2) is 0 Å². The van der Waals surface area contributed by atoms with Gasteiger partial charge in [0.05, 0.1) is 0 Å². The van der Waals surface area contributed by atoms with Crippen molar-refractivity contribution in [1.82, 2.24) is 10.2 Å². The zero-order valence-electron chi connectivity index (χ0n) is 15.3. The van der Waals surface area contributed by atoms with Crippen LogP contribution in [0.15, 0.2) is 58.9 Å². The Hall–Kier alpha value is -2.78. The number of rotatable bonds is 8. The molecular formula is C19H20N4O3S2. The van der Waals surface area contributed by atoms with E-state index in [1.807, 2.05) is 12.1 Å². The van der Waals surface area contributed by atoms with E-state index in [2.05, 4.69) is 27.2 Å². The maximum Gasteiger partial charge on any atom is 0.291 e. The van der Waals surface area contributed by atoms with Crippen molar-refractivity contribution in [1.29, 1.82) is 0 Å². The second-order valence-corrected chi connectivity index (χ2v) is 8.93. The Morgan fingerprint density at radius 1 is 1.04 bits per heavy atom. The number of aryl methyl sites for hydroxylation is 1. The molecule has 0 saturated heterocycles. The molecule has 7 nitrogen and oxygen atoms in total. The number of carbonyl (C=O) groups is 1. The third-order valence-corrected chi connectivity index (χ3v) is 6.51. The van der Waals surface area contributed by atoms with E-state index in [1.54, 1.807) is 42.5 Å².